The van der Waals surface area contributed by atoms with E-state index in [0.717, 1.165) is 48.6 Å². The second-order valence-corrected chi connectivity index (χ2v) is 11.8. The second-order valence-electron chi connectivity index (χ2n) is 7.09. The van der Waals surface area contributed by atoms with Crippen LogP contribution in [-0.2, 0) is 11.2 Å². The van der Waals surface area contributed by atoms with Crippen molar-refractivity contribution in [2.24, 2.45) is 0 Å². The Morgan fingerprint density at radius 1 is 1.30 bits per heavy atom. The lowest BCUT2D eigenvalue weighted by molar-refractivity contribution is -0.136. The molecule has 0 amide bonds. The van der Waals surface area contributed by atoms with Crippen LogP contribution in [0.25, 0.3) is 0 Å². The van der Waals surface area contributed by atoms with Crippen LogP contribution in [0.3, 0.4) is 0 Å². The van der Waals surface area contributed by atoms with Gasteiger partial charge in [0.15, 0.2) is 0 Å². The number of rotatable bonds is 3. The molecule has 4 nitrogen and oxygen atoms in total. The largest absolute Gasteiger partial charge is 0.481 e. The highest BCUT2D eigenvalue weighted by Crippen LogP contribution is 2.26. The SMILES string of the molecule is Cc1c(CC(=O)O)cc(C#C[Si](C)(C)C)cc1N1CCNCC1. The summed E-state index contributed by atoms with van der Waals surface area (Å²) in [6.07, 6.45) is 0.0490. The van der Waals surface area contributed by atoms with Gasteiger partial charge in [-0.3, -0.25) is 4.79 Å². The van der Waals surface area contributed by atoms with Crippen molar-refractivity contribution >= 4 is 19.7 Å². The fourth-order valence-electron chi connectivity index (χ4n) is 2.67. The Balaban J connectivity index is 2.45. The van der Waals surface area contributed by atoms with Crippen molar-refractivity contribution in [2.75, 3.05) is 31.1 Å². The van der Waals surface area contributed by atoms with E-state index in [9.17, 15) is 9.90 Å². The Kier molecular flexibility index (Phi) is 5.50. The summed E-state index contributed by atoms with van der Waals surface area (Å²) in [7, 11) is -1.46. The molecule has 0 aliphatic carbocycles. The van der Waals surface area contributed by atoms with Crippen LogP contribution < -0.4 is 10.2 Å². The van der Waals surface area contributed by atoms with Crippen LogP contribution in [0.5, 0.6) is 0 Å². The van der Waals surface area contributed by atoms with E-state index >= 15 is 0 Å². The zero-order valence-electron chi connectivity index (χ0n) is 14.5. The number of aliphatic carboxylic acids is 1. The first-order valence-electron chi connectivity index (χ1n) is 8.10. The van der Waals surface area contributed by atoms with Crippen LogP contribution in [0.15, 0.2) is 12.1 Å². The van der Waals surface area contributed by atoms with Crippen LogP contribution in [0.2, 0.25) is 19.6 Å². The maximum Gasteiger partial charge on any atom is 0.307 e. The van der Waals surface area contributed by atoms with E-state index in [1.807, 2.05) is 13.0 Å². The summed E-state index contributed by atoms with van der Waals surface area (Å²) in [5.74, 6) is 2.48. The van der Waals surface area contributed by atoms with Gasteiger partial charge in [-0.2, -0.15) is 0 Å². The van der Waals surface area contributed by atoms with Crippen LogP contribution in [0.1, 0.15) is 16.7 Å². The van der Waals surface area contributed by atoms with Crippen molar-refractivity contribution in [2.45, 2.75) is 33.0 Å². The highest BCUT2D eigenvalue weighted by Gasteiger charge is 2.17. The molecule has 2 N–H and O–H groups in total. The summed E-state index contributed by atoms with van der Waals surface area (Å²) >= 11 is 0. The van der Waals surface area contributed by atoms with Crippen molar-refractivity contribution < 1.29 is 9.90 Å². The summed E-state index contributed by atoms with van der Waals surface area (Å²) in [5.41, 5.74) is 7.37. The Bertz CT molecular complexity index is 647. The molecule has 1 saturated heterocycles. The third-order valence-corrected chi connectivity index (χ3v) is 4.74. The molecule has 1 aromatic rings. The van der Waals surface area contributed by atoms with Gasteiger partial charge in [-0.1, -0.05) is 25.6 Å². The number of carboxylic acids is 1. The maximum absolute atomic E-state index is 11.2. The normalized spacial score (nSPS) is 15.0. The van der Waals surface area contributed by atoms with E-state index in [4.69, 9.17) is 0 Å². The van der Waals surface area contributed by atoms with Gasteiger partial charge < -0.3 is 15.3 Å². The Morgan fingerprint density at radius 3 is 2.52 bits per heavy atom. The molecule has 0 aromatic heterocycles. The van der Waals surface area contributed by atoms with Gasteiger partial charge in [-0.05, 0) is 30.2 Å². The lowest BCUT2D eigenvalue weighted by atomic mass is 9.99. The number of hydrogen-bond donors (Lipinski definition) is 2. The van der Waals surface area contributed by atoms with Gasteiger partial charge in [-0.15, -0.1) is 5.54 Å². The van der Waals surface area contributed by atoms with E-state index in [2.05, 4.69) is 47.4 Å². The molecule has 1 fully saturated rings. The Hall–Kier alpha value is -1.77. The molecule has 1 aliphatic heterocycles. The third kappa shape index (κ3) is 5.12. The van der Waals surface area contributed by atoms with E-state index in [-0.39, 0.29) is 6.42 Å². The number of carbonyl (C=O) groups is 1. The molecule has 0 atom stereocenters. The highest BCUT2D eigenvalue weighted by molar-refractivity contribution is 6.83. The molecule has 0 unspecified atom stereocenters. The molecule has 1 aliphatic rings. The minimum absolute atomic E-state index is 0.0490. The zero-order valence-corrected chi connectivity index (χ0v) is 15.5. The second kappa shape index (κ2) is 7.20. The first kappa shape index (κ1) is 17.6. The number of benzene rings is 1. The minimum Gasteiger partial charge on any atom is -0.481 e. The number of nitrogens with one attached hydrogen (secondary N) is 1. The monoisotopic (exact) mass is 330 g/mol. The van der Waals surface area contributed by atoms with Crippen LogP contribution >= 0.6 is 0 Å². The number of carboxylic acid groups (broad SMARTS) is 1. The van der Waals surface area contributed by atoms with Crippen LogP contribution in [-0.4, -0.2) is 45.3 Å². The molecule has 1 heterocycles. The fourth-order valence-corrected chi connectivity index (χ4v) is 3.19. The lowest BCUT2D eigenvalue weighted by Gasteiger charge is -2.31. The summed E-state index contributed by atoms with van der Waals surface area (Å²) in [5, 5.41) is 12.5. The van der Waals surface area contributed by atoms with Gasteiger partial charge in [0.2, 0.25) is 0 Å². The summed E-state index contributed by atoms with van der Waals surface area (Å²) in [6, 6.07) is 4.07. The predicted molar refractivity (Wildman–Crippen MR) is 97.8 cm³/mol. The summed E-state index contributed by atoms with van der Waals surface area (Å²) < 4.78 is 0. The van der Waals surface area contributed by atoms with Gasteiger partial charge in [0.1, 0.15) is 8.07 Å². The van der Waals surface area contributed by atoms with Gasteiger partial charge in [0.05, 0.1) is 6.42 Å². The first-order chi connectivity index (χ1) is 10.8. The van der Waals surface area contributed by atoms with Gasteiger partial charge in [0, 0.05) is 37.4 Å². The smallest absolute Gasteiger partial charge is 0.307 e. The Labute approximate surface area is 139 Å². The lowest BCUT2D eigenvalue weighted by Crippen LogP contribution is -2.43. The van der Waals surface area contributed by atoms with Crippen LogP contribution in [0, 0.1) is 18.4 Å². The molecular formula is C18H26N2O2Si. The number of hydrogen-bond acceptors (Lipinski definition) is 3. The highest BCUT2D eigenvalue weighted by atomic mass is 28.3. The molecule has 0 saturated carbocycles. The number of nitrogens with zero attached hydrogens (tertiary/aromatic N) is 1. The van der Waals surface area contributed by atoms with E-state index in [1.54, 1.807) is 0 Å². The van der Waals surface area contributed by atoms with E-state index in [0.29, 0.717) is 0 Å². The molecular weight excluding hydrogens is 304 g/mol. The average molecular weight is 331 g/mol. The third-order valence-electron chi connectivity index (χ3n) is 3.87. The Morgan fingerprint density at radius 2 is 1.96 bits per heavy atom. The van der Waals surface area contributed by atoms with Gasteiger partial charge in [-0.25, -0.2) is 0 Å². The summed E-state index contributed by atoms with van der Waals surface area (Å²) in [4.78, 5) is 13.5. The van der Waals surface area contributed by atoms with E-state index < -0.39 is 14.0 Å². The molecule has 2 rings (SSSR count). The number of piperazine rings is 1. The van der Waals surface area contributed by atoms with E-state index in [1.165, 1.54) is 0 Å². The molecule has 1 aromatic carbocycles. The topological polar surface area (TPSA) is 52.6 Å². The van der Waals surface area contributed by atoms with Crippen LogP contribution in [0.4, 0.5) is 5.69 Å². The van der Waals surface area contributed by atoms with Gasteiger partial charge >= 0.3 is 5.97 Å². The van der Waals surface area contributed by atoms with Crippen molar-refractivity contribution in [3.63, 3.8) is 0 Å². The molecule has 0 spiro atoms. The standard InChI is InChI=1S/C18H26N2O2Si/c1-14-16(13-18(21)22)11-15(5-10-23(2,3)4)12-17(14)20-8-6-19-7-9-20/h11-12,19H,6-9,13H2,1-4H3,(H,21,22). The molecule has 0 radical (unpaired) electrons. The molecule has 23 heavy (non-hydrogen) atoms. The zero-order chi connectivity index (χ0) is 17.0. The van der Waals surface area contributed by atoms with Crippen molar-refractivity contribution in [3.05, 3.63) is 28.8 Å². The van der Waals surface area contributed by atoms with Gasteiger partial charge in [0.25, 0.3) is 0 Å². The average Bonchev–Trinajstić information content (AvgIpc) is 2.47. The van der Waals surface area contributed by atoms with Crippen molar-refractivity contribution in [1.82, 2.24) is 5.32 Å². The molecule has 0 bridgehead atoms. The summed E-state index contributed by atoms with van der Waals surface area (Å²) in [6.45, 7) is 12.5. The van der Waals surface area contributed by atoms with Crippen molar-refractivity contribution in [1.29, 1.82) is 0 Å². The first-order valence-corrected chi connectivity index (χ1v) is 11.6. The molecule has 124 valence electrons. The minimum atomic E-state index is -1.46. The maximum atomic E-state index is 11.2. The fraction of sp³-hybridized carbons (Fsp3) is 0.500. The van der Waals surface area contributed by atoms with Crippen molar-refractivity contribution in [3.8, 4) is 11.5 Å². The quantitative estimate of drug-likeness (QED) is 0.659. The molecule has 5 heteroatoms. The predicted octanol–water partition coefficient (Wildman–Crippen LogP) is 2.26. The number of anilines is 1.